The molecule has 0 spiro atoms. The Labute approximate surface area is 150 Å². The lowest BCUT2D eigenvalue weighted by Gasteiger charge is -2.35. The highest BCUT2D eigenvalue weighted by Crippen LogP contribution is 2.11. The Bertz CT molecular complexity index is 554. The number of amides is 2. The predicted molar refractivity (Wildman–Crippen MR) is 97.1 cm³/mol. The molecule has 6 nitrogen and oxygen atoms in total. The lowest BCUT2D eigenvalue weighted by molar-refractivity contribution is -0.135. The molecule has 0 bridgehead atoms. The molecule has 0 unspecified atom stereocenters. The van der Waals surface area contributed by atoms with Crippen molar-refractivity contribution >= 4 is 12.0 Å². The third-order valence-corrected chi connectivity index (χ3v) is 4.32. The smallest absolute Gasteiger partial charge is 0.408 e. The van der Waals surface area contributed by atoms with Gasteiger partial charge < -0.3 is 19.9 Å². The van der Waals surface area contributed by atoms with Crippen LogP contribution < -0.4 is 5.32 Å². The molecule has 138 valence electrons. The summed E-state index contributed by atoms with van der Waals surface area (Å²) in [4.78, 5) is 29.0. The zero-order chi connectivity index (χ0) is 18.2. The van der Waals surface area contributed by atoms with E-state index < -0.39 is 12.1 Å². The molecule has 1 aromatic rings. The summed E-state index contributed by atoms with van der Waals surface area (Å²) in [6, 6.07) is 8.97. The number of carbonyl (C=O) groups excluding carboxylic acids is 2. The van der Waals surface area contributed by atoms with E-state index in [0.717, 1.165) is 18.7 Å². The summed E-state index contributed by atoms with van der Waals surface area (Å²) in [5, 5.41) is 2.76. The van der Waals surface area contributed by atoms with Gasteiger partial charge in [0.2, 0.25) is 5.91 Å². The molecule has 1 atom stereocenters. The molecular weight excluding hydrogens is 318 g/mol. The molecule has 1 N–H and O–H groups in total. The minimum atomic E-state index is -0.544. The third kappa shape index (κ3) is 6.38. The zero-order valence-corrected chi connectivity index (χ0v) is 15.4. The molecule has 1 aliphatic heterocycles. The Morgan fingerprint density at radius 1 is 1.12 bits per heavy atom. The second-order valence-electron chi connectivity index (χ2n) is 7.02. The fraction of sp³-hybridized carbons (Fsp3) is 0.579. The van der Waals surface area contributed by atoms with Crippen LogP contribution in [-0.4, -0.2) is 61.1 Å². The lowest BCUT2D eigenvalue weighted by atomic mass is 10.0. The van der Waals surface area contributed by atoms with Crippen LogP contribution in [0.3, 0.4) is 0 Å². The molecule has 0 aromatic heterocycles. The second-order valence-corrected chi connectivity index (χ2v) is 7.02. The van der Waals surface area contributed by atoms with Gasteiger partial charge in [-0.05, 0) is 24.9 Å². The van der Waals surface area contributed by atoms with Gasteiger partial charge in [-0.15, -0.1) is 0 Å². The number of nitrogens with zero attached hydrogens (tertiary/aromatic N) is 2. The molecule has 1 aliphatic rings. The third-order valence-electron chi connectivity index (χ3n) is 4.32. The van der Waals surface area contributed by atoms with Crippen molar-refractivity contribution in [3.05, 3.63) is 35.9 Å². The topological polar surface area (TPSA) is 61.9 Å². The van der Waals surface area contributed by atoms with E-state index in [4.69, 9.17) is 4.74 Å². The highest BCUT2D eigenvalue weighted by molar-refractivity contribution is 5.85. The molecule has 2 amide bonds. The number of rotatable bonds is 6. The number of likely N-dealkylation sites (N-methyl/N-ethyl adjacent to an activating group) is 1. The molecule has 1 heterocycles. The summed E-state index contributed by atoms with van der Waals surface area (Å²) in [6.07, 6.45) is 0.0583. The number of benzene rings is 1. The van der Waals surface area contributed by atoms with E-state index in [1.807, 2.05) is 56.1 Å². The fourth-order valence-electron chi connectivity index (χ4n) is 2.85. The Morgan fingerprint density at radius 2 is 1.76 bits per heavy atom. The van der Waals surface area contributed by atoms with E-state index in [9.17, 15) is 9.59 Å². The van der Waals surface area contributed by atoms with Gasteiger partial charge in [-0.2, -0.15) is 0 Å². The molecule has 1 aromatic carbocycles. The van der Waals surface area contributed by atoms with Crippen LogP contribution in [0.5, 0.6) is 0 Å². The Hall–Kier alpha value is -2.08. The van der Waals surface area contributed by atoms with Crippen molar-refractivity contribution in [3.63, 3.8) is 0 Å². The van der Waals surface area contributed by atoms with Gasteiger partial charge >= 0.3 is 6.09 Å². The monoisotopic (exact) mass is 347 g/mol. The largest absolute Gasteiger partial charge is 0.445 e. The summed E-state index contributed by atoms with van der Waals surface area (Å²) in [5.74, 6) is 0.286. The Morgan fingerprint density at radius 3 is 2.36 bits per heavy atom. The van der Waals surface area contributed by atoms with Gasteiger partial charge in [-0.1, -0.05) is 44.2 Å². The summed E-state index contributed by atoms with van der Waals surface area (Å²) < 4.78 is 5.27. The van der Waals surface area contributed by atoms with Gasteiger partial charge in [0.25, 0.3) is 0 Å². The van der Waals surface area contributed by atoms with Crippen LogP contribution in [-0.2, 0) is 16.1 Å². The molecule has 2 rings (SSSR count). The van der Waals surface area contributed by atoms with E-state index in [1.54, 1.807) is 0 Å². The number of hydrogen-bond donors (Lipinski definition) is 1. The highest BCUT2D eigenvalue weighted by Gasteiger charge is 2.28. The van der Waals surface area contributed by atoms with Crippen molar-refractivity contribution < 1.29 is 14.3 Å². The second kappa shape index (κ2) is 9.42. The molecule has 1 saturated heterocycles. The average Bonchev–Trinajstić information content (AvgIpc) is 2.60. The SMILES string of the molecule is CC(C)C[C@@H](NC(=O)OCc1ccccc1)C(=O)N1CCN(C)CC1. The highest BCUT2D eigenvalue weighted by atomic mass is 16.5. The quantitative estimate of drug-likeness (QED) is 0.856. The van der Waals surface area contributed by atoms with E-state index in [2.05, 4.69) is 10.2 Å². The molecule has 25 heavy (non-hydrogen) atoms. The van der Waals surface area contributed by atoms with Crippen molar-refractivity contribution in [2.24, 2.45) is 5.92 Å². The van der Waals surface area contributed by atoms with E-state index >= 15 is 0 Å². The first-order valence-electron chi connectivity index (χ1n) is 8.90. The molecular formula is C19H29N3O3. The van der Waals surface area contributed by atoms with Crippen molar-refractivity contribution in [2.45, 2.75) is 32.9 Å². The first kappa shape index (κ1) is 19.2. The van der Waals surface area contributed by atoms with E-state index in [0.29, 0.717) is 25.4 Å². The number of hydrogen-bond acceptors (Lipinski definition) is 4. The van der Waals surface area contributed by atoms with Gasteiger partial charge in [0, 0.05) is 26.2 Å². The van der Waals surface area contributed by atoms with Crippen molar-refractivity contribution in [1.82, 2.24) is 15.1 Å². The Kier molecular flexibility index (Phi) is 7.25. The van der Waals surface area contributed by atoms with Gasteiger partial charge in [-0.3, -0.25) is 4.79 Å². The molecule has 0 aliphatic carbocycles. The molecule has 1 fully saturated rings. The van der Waals surface area contributed by atoms with Crippen molar-refractivity contribution in [2.75, 3.05) is 33.2 Å². The maximum absolute atomic E-state index is 12.8. The maximum Gasteiger partial charge on any atom is 0.408 e. The van der Waals surface area contributed by atoms with Crippen LogP contribution >= 0.6 is 0 Å². The number of nitrogens with one attached hydrogen (secondary N) is 1. The van der Waals surface area contributed by atoms with E-state index in [1.165, 1.54) is 0 Å². The van der Waals surface area contributed by atoms with Gasteiger partial charge in [0.1, 0.15) is 12.6 Å². The zero-order valence-electron chi connectivity index (χ0n) is 15.4. The summed E-state index contributed by atoms with van der Waals surface area (Å²) >= 11 is 0. The van der Waals surface area contributed by atoms with Gasteiger partial charge in [0.15, 0.2) is 0 Å². The fourth-order valence-corrected chi connectivity index (χ4v) is 2.85. The van der Waals surface area contributed by atoms with Crippen LogP contribution in [0.1, 0.15) is 25.8 Å². The number of ether oxygens (including phenoxy) is 1. The average molecular weight is 347 g/mol. The van der Waals surface area contributed by atoms with Crippen LogP contribution in [0.2, 0.25) is 0 Å². The lowest BCUT2D eigenvalue weighted by Crippen LogP contribution is -2.54. The van der Waals surface area contributed by atoms with Crippen molar-refractivity contribution in [3.8, 4) is 0 Å². The molecule has 6 heteroatoms. The molecule has 0 saturated carbocycles. The van der Waals surface area contributed by atoms with E-state index in [-0.39, 0.29) is 12.5 Å². The maximum atomic E-state index is 12.8. The summed E-state index contributed by atoms with van der Waals surface area (Å²) in [5.41, 5.74) is 0.920. The number of alkyl carbamates (subject to hydrolysis) is 1. The Balaban J connectivity index is 1.89. The molecule has 0 radical (unpaired) electrons. The minimum Gasteiger partial charge on any atom is -0.445 e. The normalized spacial score (nSPS) is 16.6. The van der Waals surface area contributed by atoms with Gasteiger partial charge in [0.05, 0.1) is 0 Å². The minimum absolute atomic E-state index is 0.0153. The first-order chi connectivity index (χ1) is 12.0. The first-order valence-corrected chi connectivity index (χ1v) is 8.90. The van der Waals surface area contributed by atoms with Crippen LogP contribution in [0.15, 0.2) is 30.3 Å². The van der Waals surface area contributed by atoms with Crippen LogP contribution in [0.25, 0.3) is 0 Å². The van der Waals surface area contributed by atoms with Gasteiger partial charge in [-0.25, -0.2) is 4.79 Å². The summed E-state index contributed by atoms with van der Waals surface area (Å²) in [6.45, 7) is 7.40. The predicted octanol–water partition coefficient (Wildman–Crippen LogP) is 2.10. The van der Waals surface area contributed by atoms with Crippen molar-refractivity contribution in [1.29, 1.82) is 0 Å². The van der Waals surface area contributed by atoms with Crippen LogP contribution in [0, 0.1) is 5.92 Å². The number of piperazine rings is 1. The van der Waals surface area contributed by atoms with Crippen LogP contribution in [0.4, 0.5) is 4.79 Å². The summed E-state index contributed by atoms with van der Waals surface area (Å²) in [7, 11) is 2.05. The standard InChI is InChI=1S/C19H29N3O3/c1-15(2)13-17(18(23)22-11-9-21(3)10-12-22)20-19(24)25-14-16-7-5-4-6-8-16/h4-8,15,17H,9-14H2,1-3H3,(H,20,24)/t17-/m1/s1. The number of carbonyl (C=O) groups is 2.